The minimum atomic E-state index is 1.01. The summed E-state index contributed by atoms with van der Waals surface area (Å²) in [5.41, 5.74) is 0. The Kier molecular flexibility index (Phi) is 8.36. The third-order valence-electron chi connectivity index (χ3n) is 1.74. The Hall–Kier alpha value is -1.37. The molecule has 1 aromatic rings. The molecule has 0 aliphatic heterocycles. The van der Waals surface area contributed by atoms with Crippen LogP contribution < -0.4 is 10.6 Å². The summed E-state index contributed by atoms with van der Waals surface area (Å²) >= 11 is 0. The van der Waals surface area contributed by atoms with Crippen molar-refractivity contribution in [3.8, 4) is 0 Å². The van der Waals surface area contributed by atoms with Gasteiger partial charge in [-0.1, -0.05) is 52.0 Å². The van der Waals surface area contributed by atoms with Gasteiger partial charge in [-0.2, -0.15) is 0 Å². The van der Waals surface area contributed by atoms with Crippen LogP contribution in [0.1, 0.15) is 34.1 Å². The standard InChI is InChI=1S/C10H9N.2C2H6/c1-2-5-9-6-4-8-11-10(9)7-3-1;2*1-2/h1,3-8H,2H2;2*1-2H3. The topological polar surface area (TPSA) is 12.9 Å². The molecule has 0 saturated carbocycles. The molecule has 0 radical (unpaired) electrons. The SMILES string of the molecule is C1=CCC=c2cccnc2=C1.CC.CC. The van der Waals surface area contributed by atoms with E-state index in [9.17, 15) is 0 Å². The van der Waals surface area contributed by atoms with E-state index in [0.29, 0.717) is 0 Å². The molecule has 1 aliphatic carbocycles. The zero-order chi connectivity index (χ0) is 11.5. The predicted molar refractivity (Wildman–Crippen MR) is 68.9 cm³/mol. The summed E-state index contributed by atoms with van der Waals surface area (Å²) in [6.07, 6.45) is 11.2. The van der Waals surface area contributed by atoms with Crippen LogP contribution in [0, 0.1) is 0 Å². The summed E-state index contributed by atoms with van der Waals surface area (Å²) in [5, 5.41) is 2.30. The molecule has 0 saturated heterocycles. The molecule has 1 aliphatic rings. The highest BCUT2D eigenvalue weighted by Gasteiger charge is 1.85. The van der Waals surface area contributed by atoms with Crippen LogP contribution in [0.4, 0.5) is 0 Å². The Morgan fingerprint density at radius 3 is 2.60 bits per heavy atom. The van der Waals surface area contributed by atoms with Crippen molar-refractivity contribution in [3.05, 3.63) is 41.0 Å². The van der Waals surface area contributed by atoms with Gasteiger partial charge in [-0.05, 0) is 23.8 Å². The van der Waals surface area contributed by atoms with Crippen molar-refractivity contribution in [1.82, 2.24) is 4.98 Å². The fourth-order valence-electron chi connectivity index (χ4n) is 1.17. The van der Waals surface area contributed by atoms with Gasteiger partial charge in [0.15, 0.2) is 0 Å². The van der Waals surface area contributed by atoms with Crippen LogP contribution in [-0.4, -0.2) is 4.98 Å². The number of aromatic nitrogens is 1. The number of nitrogens with zero attached hydrogens (tertiary/aromatic N) is 1. The van der Waals surface area contributed by atoms with E-state index < -0.39 is 0 Å². The first-order chi connectivity index (χ1) is 7.47. The maximum Gasteiger partial charge on any atom is 0.0698 e. The molecule has 1 nitrogen and oxygen atoms in total. The molecule has 0 amide bonds. The molecule has 0 unspecified atom stereocenters. The zero-order valence-electron chi connectivity index (χ0n) is 10.2. The lowest BCUT2D eigenvalue weighted by atomic mass is 10.3. The van der Waals surface area contributed by atoms with Gasteiger partial charge in [0.1, 0.15) is 0 Å². The monoisotopic (exact) mass is 203 g/mol. The van der Waals surface area contributed by atoms with Crippen LogP contribution in [0.2, 0.25) is 0 Å². The third-order valence-corrected chi connectivity index (χ3v) is 1.74. The fraction of sp³-hybridized carbons (Fsp3) is 0.357. The summed E-state index contributed by atoms with van der Waals surface area (Å²) < 4.78 is 0. The number of hydrogen-bond donors (Lipinski definition) is 0. The Labute approximate surface area is 92.9 Å². The average molecular weight is 203 g/mol. The first-order valence-corrected chi connectivity index (χ1v) is 5.75. The van der Waals surface area contributed by atoms with Crippen LogP contribution in [-0.2, 0) is 0 Å². The number of pyridine rings is 1. The van der Waals surface area contributed by atoms with E-state index in [0.717, 1.165) is 11.8 Å². The van der Waals surface area contributed by atoms with Gasteiger partial charge in [0.2, 0.25) is 0 Å². The summed E-state index contributed by atoms with van der Waals surface area (Å²) in [6, 6.07) is 4.06. The second-order valence-electron chi connectivity index (χ2n) is 2.51. The van der Waals surface area contributed by atoms with Gasteiger partial charge >= 0.3 is 0 Å². The van der Waals surface area contributed by atoms with E-state index in [1.807, 2.05) is 46.0 Å². The molecule has 0 fully saturated rings. The highest BCUT2D eigenvalue weighted by molar-refractivity contribution is 5.41. The largest absolute Gasteiger partial charge is 0.256 e. The van der Waals surface area contributed by atoms with Crippen LogP contribution in [0.3, 0.4) is 0 Å². The van der Waals surface area contributed by atoms with Crippen molar-refractivity contribution < 1.29 is 0 Å². The van der Waals surface area contributed by atoms with Gasteiger partial charge in [0.05, 0.1) is 5.35 Å². The zero-order valence-corrected chi connectivity index (χ0v) is 10.2. The van der Waals surface area contributed by atoms with E-state index in [1.165, 1.54) is 5.22 Å². The van der Waals surface area contributed by atoms with Gasteiger partial charge < -0.3 is 0 Å². The van der Waals surface area contributed by atoms with E-state index in [1.54, 1.807) is 0 Å². The molecule has 0 atom stereocenters. The van der Waals surface area contributed by atoms with Crippen molar-refractivity contribution in [3.63, 3.8) is 0 Å². The lowest BCUT2D eigenvalue weighted by molar-refractivity contribution is 1.22. The molecule has 0 N–H and O–H groups in total. The first-order valence-electron chi connectivity index (χ1n) is 5.75. The molecular formula is C14H21N. The van der Waals surface area contributed by atoms with E-state index in [-0.39, 0.29) is 0 Å². The smallest absolute Gasteiger partial charge is 0.0698 e. The number of hydrogen-bond acceptors (Lipinski definition) is 1. The van der Waals surface area contributed by atoms with E-state index in [4.69, 9.17) is 0 Å². The van der Waals surface area contributed by atoms with Crippen molar-refractivity contribution >= 4 is 12.2 Å². The van der Waals surface area contributed by atoms with Crippen molar-refractivity contribution in [1.29, 1.82) is 0 Å². The molecule has 0 spiro atoms. The van der Waals surface area contributed by atoms with Crippen LogP contribution in [0.15, 0.2) is 30.5 Å². The predicted octanol–water partition coefficient (Wildman–Crippen LogP) is 2.65. The van der Waals surface area contributed by atoms with Gasteiger partial charge in [0.25, 0.3) is 0 Å². The van der Waals surface area contributed by atoms with Crippen LogP contribution >= 0.6 is 0 Å². The average Bonchev–Trinajstić information content (AvgIpc) is 2.59. The lowest BCUT2D eigenvalue weighted by Crippen LogP contribution is -2.26. The van der Waals surface area contributed by atoms with Crippen molar-refractivity contribution in [2.75, 3.05) is 0 Å². The Balaban J connectivity index is 0.000000442. The number of rotatable bonds is 0. The van der Waals surface area contributed by atoms with E-state index in [2.05, 4.69) is 29.3 Å². The summed E-state index contributed by atoms with van der Waals surface area (Å²) in [5.74, 6) is 0. The molecule has 0 bridgehead atoms. The van der Waals surface area contributed by atoms with Gasteiger partial charge in [-0.25, -0.2) is 0 Å². The minimum Gasteiger partial charge on any atom is -0.256 e. The first kappa shape index (κ1) is 13.6. The number of fused-ring (bicyclic) bond motifs is 1. The summed E-state index contributed by atoms with van der Waals surface area (Å²) in [4.78, 5) is 4.24. The van der Waals surface area contributed by atoms with Crippen LogP contribution in [0.25, 0.3) is 12.2 Å². The number of allylic oxidation sites excluding steroid dienone is 2. The van der Waals surface area contributed by atoms with Crippen LogP contribution in [0.5, 0.6) is 0 Å². The summed E-state index contributed by atoms with van der Waals surface area (Å²) in [6.45, 7) is 8.00. The Morgan fingerprint density at radius 1 is 1.13 bits per heavy atom. The lowest BCUT2D eigenvalue weighted by Gasteiger charge is -1.84. The maximum atomic E-state index is 4.24. The molecule has 1 aromatic heterocycles. The fourth-order valence-corrected chi connectivity index (χ4v) is 1.17. The van der Waals surface area contributed by atoms with E-state index >= 15 is 0 Å². The second kappa shape index (κ2) is 9.20. The third kappa shape index (κ3) is 4.59. The molecule has 1 heteroatoms. The Bertz CT molecular complexity index is 388. The van der Waals surface area contributed by atoms with Crippen molar-refractivity contribution in [2.45, 2.75) is 34.1 Å². The molecule has 15 heavy (non-hydrogen) atoms. The van der Waals surface area contributed by atoms with Crippen molar-refractivity contribution in [2.24, 2.45) is 0 Å². The Morgan fingerprint density at radius 2 is 1.87 bits per heavy atom. The van der Waals surface area contributed by atoms with Gasteiger partial charge in [-0.15, -0.1) is 0 Å². The quantitative estimate of drug-likeness (QED) is 0.631. The normalized spacial score (nSPS) is 11.2. The highest BCUT2D eigenvalue weighted by atomic mass is 14.6. The van der Waals surface area contributed by atoms with Gasteiger partial charge in [0, 0.05) is 6.20 Å². The van der Waals surface area contributed by atoms with Gasteiger partial charge in [-0.3, -0.25) is 4.98 Å². The maximum absolute atomic E-state index is 4.24. The highest BCUT2D eigenvalue weighted by Crippen LogP contribution is 1.86. The molecule has 82 valence electrons. The molecular weight excluding hydrogens is 182 g/mol. The summed E-state index contributed by atoms with van der Waals surface area (Å²) in [7, 11) is 0. The second-order valence-corrected chi connectivity index (χ2v) is 2.51. The molecule has 1 heterocycles. The molecule has 2 rings (SSSR count). The minimum absolute atomic E-state index is 1.01. The molecule has 0 aromatic carbocycles.